The predicted molar refractivity (Wildman–Crippen MR) is 80.6 cm³/mol. The number of carbonyl (C=O) groups is 1. The van der Waals surface area contributed by atoms with Gasteiger partial charge in [-0.25, -0.2) is 8.42 Å². The summed E-state index contributed by atoms with van der Waals surface area (Å²) in [4.78, 5) is 11.5. The molecule has 2 aliphatic rings. The summed E-state index contributed by atoms with van der Waals surface area (Å²) < 4.78 is 60.8. The zero-order valence-electron chi connectivity index (χ0n) is 12.6. The van der Waals surface area contributed by atoms with Gasteiger partial charge in [-0.1, -0.05) is 6.07 Å². The quantitative estimate of drug-likeness (QED) is 0.863. The van der Waals surface area contributed by atoms with Crippen LogP contribution >= 0.6 is 0 Å². The van der Waals surface area contributed by atoms with Crippen molar-refractivity contribution in [2.45, 2.75) is 35.7 Å². The Balaban J connectivity index is 1.80. The lowest BCUT2D eigenvalue weighted by Gasteiger charge is -2.27. The number of alkyl halides is 3. The SMILES string of the molecule is N[C@H]1[C@H]2CC[C@H](C2)[C@H]1C(=O)Nc1cccc(S(=O)(=O)C(F)(F)F)c1. The van der Waals surface area contributed by atoms with Crippen molar-refractivity contribution in [3.63, 3.8) is 0 Å². The van der Waals surface area contributed by atoms with E-state index in [9.17, 15) is 26.4 Å². The molecule has 132 valence electrons. The van der Waals surface area contributed by atoms with Crippen molar-refractivity contribution in [1.29, 1.82) is 0 Å². The molecule has 1 amide bonds. The summed E-state index contributed by atoms with van der Waals surface area (Å²) in [5, 5.41) is 2.51. The van der Waals surface area contributed by atoms with Crippen LogP contribution in [0, 0.1) is 17.8 Å². The zero-order valence-corrected chi connectivity index (χ0v) is 13.4. The first-order valence-electron chi connectivity index (χ1n) is 7.59. The third kappa shape index (κ3) is 2.79. The summed E-state index contributed by atoms with van der Waals surface area (Å²) in [6.45, 7) is 0. The van der Waals surface area contributed by atoms with Crippen molar-refractivity contribution in [3.8, 4) is 0 Å². The highest BCUT2D eigenvalue weighted by Gasteiger charge is 2.49. The fourth-order valence-electron chi connectivity index (χ4n) is 3.83. The van der Waals surface area contributed by atoms with E-state index in [-0.39, 0.29) is 29.5 Å². The average molecular weight is 362 g/mol. The Morgan fingerprint density at radius 2 is 1.88 bits per heavy atom. The number of carbonyl (C=O) groups excluding carboxylic acids is 1. The van der Waals surface area contributed by atoms with E-state index in [0.717, 1.165) is 37.5 Å². The number of halogens is 3. The Hall–Kier alpha value is -1.61. The van der Waals surface area contributed by atoms with Crippen LogP contribution in [0.25, 0.3) is 0 Å². The molecule has 9 heteroatoms. The molecule has 1 aromatic rings. The molecule has 1 aromatic carbocycles. The number of benzene rings is 1. The van der Waals surface area contributed by atoms with Gasteiger partial charge in [0.1, 0.15) is 0 Å². The molecular weight excluding hydrogens is 345 g/mol. The fourth-order valence-corrected chi connectivity index (χ4v) is 4.63. The Morgan fingerprint density at radius 3 is 2.46 bits per heavy atom. The summed E-state index contributed by atoms with van der Waals surface area (Å²) in [7, 11) is -5.45. The van der Waals surface area contributed by atoms with Crippen LogP contribution in [0.4, 0.5) is 18.9 Å². The van der Waals surface area contributed by atoms with Gasteiger partial charge in [-0.05, 0) is 49.3 Å². The first-order chi connectivity index (χ1) is 11.1. The van der Waals surface area contributed by atoms with Crippen molar-refractivity contribution in [2.24, 2.45) is 23.5 Å². The number of hydrogen-bond donors (Lipinski definition) is 2. The molecule has 4 atom stereocenters. The molecule has 0 heterocycles. The molecule has 5 nitrogen and oxygen atoms in total. The lowest BCUT2D eigenvalue weighted by Crippen LogP contribution is -2.42. The molecular formula is C15H17F3N2O3S. The second-order valence-corrected chi connectivity index (χ2v) is 8.34. The first kappa shape index (κ1) is 17.2. The maximum Gasteiger partial charge on any atom is 0.501 e. The lowest BCUT2D eigenvalue weighted by molar-refractivity contribution is -0.121. The minimum atomic E-state index is -5.45. The predicted octanol–water partition coefficient (Wildman–Crippen LogP) is 2.29. The summed E-state index contributed by atoms with van der Waals surface area (Å²) in [6.07, 6.45) is 2.80. The topological polar surface area (TPSA) is 89.3 Å². The minimum absolute atomic E-state index is 0.0142. The van der Waals surface area contributed by atoms with Crippen LogP contribution in [0.5, 0.6) is 0 Å². The van der Waals surface area contributed by atoms with Crippen LogP contribution < -0.4 is 11.1 Å². The summed E-state index contributed by atoms with van der Waals surface area (Å²) in [5.41, 5.74) is 0.697. The molecule has 0 aliphatic heterocycles. The van der Waals surface area contributed by atoms with Crippen molar-refractivity contribution in [1.82, 2.24) is 0 Å². The Kier molecular flexibility index (Phi) is 4.11. The molecule has 0 spiro atoms. The van der Waals surface area contributed by atoms with Gasteiger partial charge in [0.05, 0.1) is 10.8 Å². The third-order valence-electron chi connectivity index (χ3n) is 5.00. The van der Waals surface area contributed by atoms with Crippen LogP contribution in [0.3, 0.4) is 0 Å². The molecule has 2 bridgehead atoms. The van der Waals surface area contributed by atoms with E-state index in [1.807, 2.05) is 0 Å². The highest BCUT2D eigenvalue weighted by Crippen LogP contribution is 2.48. The van der Waals surface area contributed by atoms with Crippen LogP contribution in [-0.4, -0.2) is 25.9 Å². The van der Waals surface area contributed by atoms with Gasteiger partial charge < -0.3 is 11.1 Å². The number of sulfone groups is 1. The van der Waals surface area contributed by atoms with Gasteiger partial charge in [0.25, 0.3) is 9.84 Å². The monoisotopic (exact) mass is 362 g/mol. The molecule has 0 aromatic heterocycles. The van der Waals surface area contributed by atoms with E-state index >= 15 is 0 Å². The second-order valence-electron chi connectivity index (χ2n) is 6.40. The van der Waals surface area contributed by atoms with Gasteiger partial charge in [-0.2, -0.15) is 13.2 Å². The Bertz CT molecular complexity index is 761. The molecule has 3 rings (SSSR count). The highest BCUT2D eigenvalue weighted by atomic mass is 32.2. The molecule has 2 aliphatic carbocycles. The molecule has 0 unspecified atom stereocenters. The number of rotatable bonds is 3. The lowest BCUT2D eigenvalue weighted by atomic mass is 9.84. The summed E-state index contributed by atoms with van der Waals surface area (Å²) >= 11 is 0. The number of nitrogens with two attached hydrogens (primary N) is 1. The van der Waals surface area contributed by atoms with Crippen LogP contribution in [0.15, 0.2) is 29.2 Å². The van der Waals surface area contributed by atoms with E-state index in [1.54, 1.807) is 0 Å². The molecule has 2 saturated carbocycles. The highest BCUT2D eigenvalue weighted by molar-refractivity contribution is 7.92. The summed E-state index contributed by atoms with van der Waals surface area (Å²) in [5.74, 6) is -0.252. The maximum atomic E-state index is 12.6. The average Bonchev–Trinajstić information content (AvgIpc) is 3.07. The largest absolute Gasteiger partial charge is 0.501 e. The number of hydrogen-bond acceptors (Lipinski definition) is 4. The summed E-state index contributed by atoms with van der Waals surface area (Å²) in [6, 6.07) is 3.92. The Morgan fingerprint density at radius 1 is 1.21 bits per heavy atom. The van der Waals surface area contributed by atoms with Gasteiger partial charge in [-0.3, -0.25) is 4.79 Å². The van der Waals surface area contributed by atoms with Crippen molar-refractivity contribution < 1.29 is 26.4 Å². The van der Waals surface area contributed by atoms with E-state index in [0.29, 0.717) is 5.92 Å². The molecule has 0 saturated heterocycles. The van der Waals surface area contributed by atoms with Crippen molar-refractivity contribution in [2.75, 3.05) is 5.32 Å². The van der Waals surface area contributed by atoms with Crippen LogP contribution in [0.2, 0.25) is 0 Å². The van der Waals surface area contributed by atoms with Gasteiger partial charge in [0, 0.05) is 11.7 Å². The van der Waals surface area contributed by atoms with Crippen LogP contribution in [-0.2, 0) is 14.6 Å². The molecule has 2 fully saturated rings. The second kappa shape index (κ2) is 5.73. The zero-order chi connectivity index (χ0) is 17.7. The number of amides is 1. The van der Waals surface area contributed by atoms with Gasteiger partial charge in [-0.15, -0.1) is 0 Å². The number of fused-ring (bicyclic) bond motifs is 2. The molecule has 24 heavy (non-hydrogen) atoms. The first-order valence-corrected chi connectivity index (χ1v) is 9.07. The van der Waals surface area contributed by atoms with E-state index in [2.05, 4.69) is 5.32 Å². The van der Waals surface area contributed by atoms with E-state index < -0.39 is 20.2 Å². The standard InChI is InChI=1S/C15H17F3N2O3S/c16-15(17,18)24(22,23)11-3-1-2-10(7-11)20-14(21)12-8-4-5-9(6-8)13(12)19/h1-3,7-9,12-13H,4-6,19H2,(H,20,21)/t8-,9+,12-,13+/m1/s1. The number of nitrogens with one attached hydrogen (secondary N) is 1. The van der Waals surface area contributed by atoms with Crippen molar-refractivity contribution in [3.05, 3.63) is 24.3 Å². The van der Waals surface area contributed by atoms with Gasteiger partial charge in [0.2, 0.25) is 5.91 Å². The normalized spacial score (nSPS) is 29.7. The van der Waals surface area contributed by atoms with Gasteiger partial charge >= 0.3 is 5.51 Å². The molecule has 0 radical (unpaired) electrons. The Labute approximate surface area is 137 Å². The van der Waals surface area contributed by atoms with E-state index in [4.69, 9.17) is 5.73 Å². The van der Waals surface area contributed by atoms with E-state index in [1.165, 1.54) is 6.07 Å². The minimum Gasteiger partial charge on any atom is -0.327 e. The maximum absolute atomic E-state index is 12.6. The van der Waals surface area contributed by atoms with Crippen molar-refractivity contribution >= 4 is 21.4 Å². The van der Waals surface area contributed by atoms with Gasteiger partial charge in [0.15, 0.2) is 0 Å². The third-order valence-corrected chi connectivity index (χ3v) is 6.48. The fraction of sp³-hybridized carbons (Fsp3) is 0.533. The number of anilines is 1. The molecule has 3 N–H and O–H groups in total. The smallest absolute Gasteiger partial charge is 0.327 e. The van der Waals surface area contributed by atoms with Crippen LogP contribution in [0.1, 0.15) is 19.3 Å².